The first-order valence-corrected chi connectivity index (χ1v) is 14.8. The van der Waals surface area contributed by atoms with E-state index >= 15 is 0 Å². The van der Waals surface area contributed by atoms with Gasteiger partial charge in [-0.05, 0) is 55.8 Å². The van der Waals surface area contributed by atoms with Gasteiger partial charge in [-0.25, -0.2) is 4.98 Å². The number of ether oxygens (including phenoxy) is 1. The lowest BCUT2D eigenvalue weighted by Gasteiger charge is -2.36. The summed E-state index contributed by atoms with van der Waals surface area (Å²) in [4.78, 5) is 20.1. The van der Waals surface area contributed by atoms with Crippen LogP contribution in [0.1, 0.15) is 51.3 Å². The van der Waals surface area contributed by atoms with Gasteiger partial charge in [0.1, 0.15) is 5.82 Å². The van der Waals surface area contributed by atoms with Crippen LogP contribution in [-0.4, -0.2) is 57.7 Å². The lowest BCUT2D eigenvalue weighted by atomic mass is 10.0. The van der Waals surface area contributed by atoms with Crippen molar-refractivity contribution in [1.82, 2.24) is 14.3 Å². The van der Waals surface area contributed by atoms with Gasteiger partial charge in [-0.2, -0.15) is 0 Å². The van der Waals surface area contributed by atoms with Crippen molar-refractivity contribution in [3.8, 4) is 0 Å². The summed E-state index contributed by atoms with van der Waals surface area (Å²) in [6.45, 7) is 11.9. The van der Waals surface area contributed by atoms with Crippen molar-refractivity contribution in [1.29, 1.82) is 0 Å². The predicted molar refractivity (Wildman–Crippen MR) is 158 cm³/mol. The zero-order valence-corrected chi connectivity index (χ0v) is 23.9. The van der Waals surface area contributed by atoms with E-state index in [0.717, 1.165) is 36.6 Å². The lowest BCUT2D eigenvalue weighted by molar-refractivity contribution is -0.120. The van der Waals surface area contributed by atoms with Crippen LogP contribution < -0.4 is 21.7 Å². The lowest BCUT2D eigenvalue weighted by Crippen LogP contribution is -2.45. The summed E-state index contributed by atoms with van der Waals surface area (Å²) < 4.78 is 7.83. The molecule has 0 radical (unpaired) electrons. The third-order valence-electron chi connectivity index (χ3n) is 6.09. The van der Waals surface area contributed by atoms with Gasteiger partial charge < -0.3 is 26.4 Å². The van der Waals surface area contributed by atoms with E-state index in [1.54, 1.807) is 17.4 Å². The molecule has 2 aromatic heterocycles. The van der Waals surface area contributed by atoms with E-state index in [4.69, 9.17) is 21.2 Å². The van der Waals surface area contributed by atoms with Crippen molar-refractivity contribution in [2.45, 2.75) is 63.7 Å². The zero-order chi connectivity index (χ0) is 26.9. The maximum absolute atomic E-state index is 13.1. The number of nitrogens with zero attached hydrogens (tertiary/aromatic N) is 3. The van der Waals surface area contributed by atoms with Crippen molar-refractivity contribution >= 4 is 46.7 Å². The van der Waals surface area contributed by atoms with Crippen LogP contribution in [0.3, 0.4) is 0 Å². The fourth-order valence-corrected chi connectivity index (χ4v) is 5.40. The quantitative estimate of drug-likeness (QED) is 0.318. The largest absolute Gasteiger partial charge is 0.397 e. The first kappa shape index (κ1) is 29.2. The third kappa shape index (κ3) is 8.56. The SMILES string of the molecule is C=C(NC(CCC)C(=O)CC(N)S/C=C(\N)c1cccc(N2CC(C)OC(C)C2)n1)c1ccn(SC)c1. The topological polar surface area (TPSA) is 111 Å². The molecule has 10 heteroatoms. The predicted octanol–water partition coefficient (Wildman–Crippen LogP) is 4.29. The van der Waals surface area contributed by atoms with Gasteiger partial charge in [0.05, 0.1) is 35.0 Å². The second kappa shape index (κ2) is 13.9. The van der Waals surface area contributed by atoms with E-state index in [1.165, 1.54) is 11.8 Å². The number of nitrogens with one attached hydrogen (secondary N) is 1. The number of rotatable bonds is 13. The van der Waals surface area contributed by atoms with Crippen LogP contribution in [0.15, 0.2) is 48.6 Å². The van der Waals surface area contributed by atoms with Gasteiger partial charge in [-0.15, -0.1) is 11.8 Å². The molecule has 2 aromatic rings. The molecular formula is C27H40N6O2S2. The minimum absolute atomic E-state index is 0.0648. The van der Waals surface area contributed by atoms with Crippen LogP contribution in [0, 0.1) is 0 Å². The average Bonchev–Trinajstić information content (AvgIpc) is 3.36. The molecule has 1 saturated heterocycles. The number of hydrogen-bond acceptors (Lipinski definition) is 9. The summed E-state index contributed by atoms with van der Waals surface area (Å²) in [5, 5.41) is 4.69. The number of pyridine rings is 1. The Morgan fingerprint density at radius 2 is 2.05 bits per heavy atom. The Balaban J connectivity index is 1.57. The highest BCUT2D eigenvalue weighted by Gasteiger charge is 2.24. The van der Waals surface area contributed by atoms with Gasteiger partial charge in [-0.3, -0.25) is 8.77 Å². The molecule has 1 fully saturated rings. The zero-order valence-electron chi connectivity index (χ0n) is 22.2. The molecule has 8 nitrogen and oxygen atoms in total. The van der Waals surface area contributed by atoms with Crippen molar-refractivity contribution in [2.24, 2.45) is 11.5 Å². The number of anilines is 1. The molecular weight excluding hydrogens is 504 g/mol. The number of thioether (sulfide) groups is 1. The van der Waals surface area contributed by atoms with Crippen molar-refractivity contribution in [3.63, 3.8) is 0 Å². The van der Waals surface area contributed by atoms with E-state index in [1.807, 2.05) is 46.9 Å². The minimum Gasteiger partial charge on any atom is -0.397 e. The van der Waals surface area contributed by atoms with Crippen LogP contribution in [0.5, 0.6) is 0 Å². The summed E-state index contributed by atoms with van der Waals surface area (Å²) in [6.07, 6.45) is 8.07. The number of Topliss-reactive ketones (excluding diaryl/α,β-unsaturated/α-hetero) is 1. The van der Waals surface area contributed by atoms with Gasteiger partial charge in [-0.1, -0.05) is 26.0 Å². The molecule has 0 saturated carbocycles. The van der Waals surface area contributed by atoms with Gasteiger partial charge >= 0.3 is 0 Å². The highest BCUT2D eigenvalue weighted by molar-refractivity contribution is 8.02. The first-order chi connectivity index (χ1) is 17.7. The number of hydrogen-bond donors (Lipinski definition) is 3. The maximum Gasteiger partial charge on any atom is 0.157 e. The van der Waals surface area contributed by atoms with Gasteiger partial charge in [0.2, 0.25) is 0 Å². The summed E-state index contributed by atoms with van der Waals surface area (Å²) in [5.74, 6) is 0.942. The molecule has 4 atom stereocenters. The Morgan fingerprint density at radius 3 is 2.70 bits per heavy atom. The number of carbonyl (C=O) groups excluding carboxylic acids is 1. The number of nitrogens with two attached hydrogens (primary N) is 2. The Kier molecular flexibility index (Phi) is 11.0. The molecule has 0 aromatic carbocycles. The van der Waals surface area contributed by atoms with E-state index in [0.29, 0.717) is 17.8 Å². The molecule has 0 aliphatic carbocycles. The monoisotopic (exact) mass is 544 g/mol. The highest BCUT2D eigenvalue weighted by atomic mass is 32.2. The summed E-state index contributed by atoms with van der Waals surface area (Å²) in [7, 11) is 0. The molecule has 3 rings (SSSR count). The number of ketones is 1. The van der Waals surface area contributed by atoms with Gasteiger partial charge in [0.15, 0.2) is 5.78 Å². The molecule has 4 unspecified atom stereocenters. The normalized spacial score (nSPS) is 19.9. The Bertz CT molecular complexity index is 1080. The average molecular weight is 545 g/mol. The van der Waals surface area contributed by atoms with E-state index in [9.17, 15) is 4.79 Å². The Labute approximate surface area is 229 Å². The molecule has 37 heavy (non-hydrogen) atoms. The summed E-state index contributed by atoms with van der Waals surface area (Å²) >= 11 is 2.95. The van der Waals surface area contributed by atoms with Crippen molar-refractivity contribution in [2.75, 3.05) is 24.2 Å². The molecule has 1 aliphatic rings. The minimum atomic E-state index is -0.415. The highest BCUT2D eigenvalue weighted by Crippen LogP contribution is 2.23. The molecule has 5 N–H and O–H groups in total. The maximum atomic E-state index is 13.1. The molecule has 0 amide bonds. The second-order valence-corrected chi connectivity index (χ2v) is 11.3. The number of aromatic nitrogens is 2. The molecule has 3 heterocycles. The molecule has 0 spiro atoms. The van der Waals surface area contributed by atoms with Crippen molar-refractivity contribution < 1.29 is 9.53 Å². The molecule has 202 valence electrons. The summed E-state index contributed by atoms with van der Waals surface area (Å²) in [5.41, 5.74) is 15.6. The third-order valence-corrected chi connectivity index (χ3v) is 7.64. The molecule has 0 bridgehead atoms. The van der Waals surface area contributed by atoms with E-state index < -0.39 is 5.37 Å². The smallest absolute Gasteiger partial charge is 0.157 e. The fourth-order valence-electron chi connectivity index (χ4n) is 4.30. The Morgan fingerprint density at radius 1 is 1.32 bits per heavy atom. The first-order valence-electron chi connectivity index (χ1n) is 12.7. The van der Waals surface area contributed by atoms with Gasteiger partial charge in [0.25, 0.3) is 0 Å². The van der Waals surface area contributed by atoms with Crippen LogP contribution in [0.25, 0.3) is 11.4 Å². The standard InChI is InChI=1S/C27H40N6O2S2/c1-6-8-24(30-20(4)21-11-12-33(16-21)36-5)25(34)13-26(29)37-17-22(28)23-9-7-10-27(31-23)32-14-18(2)35-19(3)15-32/h7,9-12,16-19,24,26,30H,4,6,8,13-15,28-29H2,1-3,5H3/b22-17-. The second-order valence-electron chi connectivity index (χ2n) is 9.37. The number of morpholine rings is 1. The van der Waals surface area contributed by atoms with E-state index in [-0.39, 0.29) is 30.5 Å². The van der Waals surface area contributed by atoms with Crippen LogP contribution in [0.4, 0.5) is 5.82 Å². The van der Waals surface area contributed by atoms with Crippen LogP contribution >= 0.6 is 23.7 Å². The summed E-state index contributed by atoms with van der Waals surface area (Å²) in [6, 6.07) is 7.48. The van der Waals surface area contributed by atoms with Gasteiger partial charge in [0, 0.05) is 49.4 Å². The fraction of sp³-hybridized carbons (Fsp3) is 0.481. The van der Waals surface area contributed by atoms with Crippen molar-refractivity contribution in [3.05, 3.63) is 59.9 Å². The number of carbonyl (C=O) groups is 1. The van der Waals surface area contributed by atoms with Crippen LogP contribution in [0.2, 0.25) is 0 Å². The van der Waals surface area contributed by atoms with Crippen LogP contribution in [-0.2, 0) is 9.53 Å². The van der Waals surface area contributed by atoms with E-state index in [2.05, 4.69) is 37.6 Å². The molecule has 1 aliphatic heterocycles. The Hall–Kier alpha value is -2.40.